The molecule has 0 saturated carbocycles. The molecule has 1 saturated heterocycles. The normalized spacial score (nSPS) is 18.8. The number of rotatable bonds is 7. The number of aromatic nitrogens is 1. The van der Waals surface area contributed by atoms with E-state index in [-0.39, 0.29) is 18.3 Å². The van der Waals surface area contributed by atoms with E-state index in [1.807, 2.05) is 12.1 Å². The lowest BCUT2D eigenvalue weighted by Gasteiger charge is -2.37. The second-order valence-electron chi connectivity index (χ2n) is 10.4. The molecular formula is C27H34N2O7S. The molecule has 0 bridgehead atoms. The van der Waals surface area contributed by atoms with Crippen LogP contribution in [0.15, 0.2) is 65.6 Å². The summed E-state index contributed by atoms with van der Waals surface area (Å²) in [5, 5.41) is 0.713. The molecule has 3 aromatic rings. The van der Waals surface area contributed by atoms with Crippen LogP contribution in [0.25, 0.3) is 10.9 Å². The molecule has 200 valence electrons. The molecule has 0 spiro atoms. The predicted octanol–water partition coefficient (Wildman–Crippen LogP) is 4.91. The van der Waals surface area contributed by atoms with E-state index < -0.39 is 39.6 Å². The van der Waals surface area contributed by atoms with Crippen LogP contribution in [0.3, 0.4) is 0 Å². The van der Waals surface area contributed by atoms with E-state index in [1.165, 1.54) is 16.0 Å². The van der Waals surface area contributed by atoms with Crippen molar-refractivity contribution in [2.75, 3.05) is 20.5 Å². The minimum Gasteiger partial charge on any atom is -0.444 e. The number of ether oxygens (including phenoxy) is 4. The zero-order valence-corrected chi connectivity index (χ0v) is 22.8. The number of benzene rings is 2. The van der Waals surface area contributed by atoms with Crippen LogP contribution in [0.5, 0.6) is 0 Å². The number of carbonyl (C=O) groups excluding carboxylic acids is 1. The summed E-state index contributed by atoms with van der Waals surface area (Å²) in [5.74, 6) is 0. The van der Waals surface area contributed by atoms with Gasteiger partial charge in [-0.1, -0.05) is 36.4 Å². The van der Waals surface area contributed by atoms with Gasteiger partial charge in [-0.2, -0.15) is 0 Å². The molecule has 0 radical (unpaired) electrons. The number of para-hydroxylation sites is 1. The van der Waals surface area contributed by atoms with Crippen LogP contribution in [-0.2, 0) is 29.0 Å². The molecule has 4 rings (SSSR count). The fourth-order valence-electron chi connectivity index (χ4n) is 4.57. The first-order valence-corrected chi connectivity index (χ1v) is 13.5. The summed E-state index contributed by atoms with van der Waals surface area (Å²) in [6, 6.07) is 16.5. The SMILES string of the molecule is COCO[C@H](c1cc2ccccc2n1S(=O)(=O)c1ccccc1)[C@@H]1COC(C)(C)N1C(=O)OC(C)(C)C. The van der Waals surface area contributed by atoms with Gasteiger partial charge in [-0.05, 0) is 58.9 Å². The van der Waals surface area contributed by atoms with Crippen LogP contribution in [0.4, 0.5) is 4.79 Å². The zero-order chi connectivity index (χ0) is 27.0. The fraction of sp³-hybridized carbons (Fsp3) is 0.444. The summed E-state index contributed by atoms with van der Waals surface area (Å²) in [7, 11) is -2.55. The van der Waals surface area contributed by atoms with Gasteiger partial charge >= 0.3 is 6.09 Å². The van der Waals surface area contributed by atoms with E-state index in [0.717, 1.165) is 0 Å². The Bertz CT molecular complexity index is 1360. The van der Waals surface area contributed by atoms with Crippen LogP contribution in [0, 0.1) is 0 Å². The number of fused-ring (bicyclic) bond motifs is 1. The molecule has 9 nitrogen and oxygen atoms in total. The van der Waals surface area contributed by atoms with Crippen LogP contribution in [-0.4, -0.2) is 61.3 Å². The van der Waals surface area contributed by atoms with E-state index in [9.17, 15) is 13.2 Å². The van der Waals surface area contributed by atoms with Crippen molar-refractivity contribution in [3.63, 3.8) is 0 Å². The number of hydrogen-bond acceptors (Lipinski definition) is 7. The molecule has 2 heterocycles. The largest absolute Gasteiger partial charge is 0.444 e. The first kappa shape index (κ1) is 27.1. The van der Waals surface area contributed by atoms with Gasteiger partial charge in [0.25, 0.3) is 10.0 Å². The van der Waals surface area contributed by atoms with Crippen molar-refractivity contribution in [3.05, 3.63) is 66.4 Å². The Kier molecular flexibility index (Phi) is 7.40. The standard InChI is InChI=1S/C27H34N2O7S/c1-26(2,3)36-25(30)28-23(17-35-27(28,4)5)24(34-18-33-6)22-16-19-12-10-11-15-21(19)29(22)37(31,32)20-13-8-7-9-14-20/h7-16,23-24H,17-18H2,1-6H3/t23-,24+/m0/s1. The summed E-state index contributed by atoms with van der Waals surface area (Å²) in [4.78, 5) is 15.0. The third kappa shape index (κ3) is 5.38. The Morgan fingerprint density at radius 3 is 2.41 bits per heavy atom. The van der Waals surface area contributed by atoms with Gasteiger partial charge in [0.2, 0.25) is 0 Å². The minimum absolute atomic E-state index is 0.105. The highest BCUT2D eigenvalue weighted by Gasteiger charge is 2.50. The summed E-state index contributed by atoms with van der Waals surface area (Å²) in [6.07, 6.45) is -1.50. The number of carbonyl (C=O) groups is 1. The summed E-state index contributed by atoms with van der Waals surface area (Å²) in [6.45, 7) is 8.86. The van der Waals surface area contributed by atoms with Gasteiger partial charge in [0.1, 0.15) is 24.2 Å². The van der Waals surface area contributed by atoms with Crippen LogP contribution >= 0.6 is 0 Å². The maximum absolute atomic E-state index is 14.0. The minimum atomic E-state index is -4.03. The number of methoxy groups -OCH3 is 1. The van der Waals surface area contributed by atoms with E-state index in [2.05, 4.69) is 0 Å². The van der Waals surface area contributed by atoms with Crippen molar-refractivity contribution in [3.8, 4) is 0 Å². The van der Waals surface area contributed by atoms with E-state index >= 15 is 0 Å². The van der Waals surface area contributed by atoms with Gasteiger partial charge in [0, 0.05) is 12.5 Å². The highest BCUT2D eigenvalue weighted by Crippen LogP contribution is 2.40. The van der Waals surface area contributed by atoms with Crippen molar-refractivity contribution in [2.45, 2.75) is 63.0 Å². The Hall–Kier alpha value is -2.92. The Morgan fingerprint density at radius 1 is 1.11 bits per heavy atom. The molecule has 1 aromatic heterocycles. The lowest BCUT2D eigenvalue weighted by Crippen LogP contribution is -2.52. The van der Waals surface area contributed by atoms with Gasteiger partial charge < -0.3 is 18.9 Å². The van der Waals surface area contributed by atoms with Crippen LogP contribution < -0.4 is 0 Å². The molecule has 1 fully saturated rings. The van der Waals surface area contributed by atoms with E-state index in [0.29, 0.717) is 16.6 Å². The molecule has 0 unspecified atom stereocenters. The molecule has 2 aromatic carbocycles. The molecule has 10 heteroatoms. The molecule has 1 aliphatic heterocycles. The monoisotopic (exact) mass is 530 g/mol. The Morgan fingerprint density at radius 2 is 1.76 bits per heavy atom. The number of hydrogen-bond donors (Lipinski definition) is 0. The third-order valence-corrected chi connectivity index (χ3v) is 7.85. The maximum atomic E-state index is 14.0. The highest BCUT2D eigenvalue weighted by molar-refractivity contribution is 7.90. The van der Waals surface area contributed by atoms with Gasteiger partial charge in [-0.25, -0.2) is 17.2 Å². The smallest absolute Gasteiger partial charge is 0.413 e. The first-order valence-electron chi connectivity index (χ1n) is 12.0. The second-order valence-corrected chi connectivity index (χ2v) is 12.2. The molecule has 2 atom stereocenters. The maximum Gasteiger partial charge on any atom is 0.413 e. The van der Waals surface area contributed by atoms with Crippen LogP contribution in [0.1, 0.15) is 46.4 Å². The van der Waals surface area contributed by atoms with Crippen molar-refractivity contribution in [1.82, 2.24) is 8.87 Å². The van der Waals surface area contributed by atoms with Crippen molar-refractivity contribution < 1.29 is 32.2 Å². The first-order chi connectivity index (χ1) is 17.4. The highest BCUT2D eigenvalue weighted by atomic mass is 32.2. The summed E-state index contributed by atoms with van der Waals surface area (Å²) >= 11 is 0. The Labute approximate surface area is 217 Å². The topological polar surface area (TPSA) is 96.3 Å². The average molecular weight is 531 g/mol. The van der Waals surface area contributed by atoms with Crippen molar-refractivity contribution in [2.24, 2.45) is 0 Å². The van der Waals surface area contributed by atoms with Gasteiger partial charge in [0.05, 0.1) is 28.8 Å². The van der Waals surface area contributed by atoms with E-state index in [1.54, 1.807) is 83.1 Å². The van der Waals surface area contributed by atoms with Gasteiger partial charge in [0.15, 0.2) is 0 Å². The van der Waals surface area contributed by atoms with Crippen LogP contribution in [0.2, 0.25) is 0 Å². The Balaban J connectivity index is 1.91. The number of amides is 1. The quantitative estimate of drug-likeness (QED) is 0.401. The lowest BCUT2D eigenvalue weighted by atomic mass is 10.1. The summed E-state index contributed by atoms with van der Waals surface area (Å²) < 4.78 is 52.3. The molecule has 0 N–H and O–H groups in total. The molecule has 1 amide bonds. The van der Waals surface area contributed by atoms with Crippen molar-refractivity contribution >= 4 is 27.0 Å². The van der Waals surface area contributed by atoms with Gasteiger partial charge in [-0.15, -0.1) is 0 Å². The molecule has 37 heavy (non-hydrogen) atoms. The predicted molar refractivity (Wildman–Crippen MR) is 139 cm³/mol. The average Bonchev–Trinajstić information content (AvgIpc) is 3.36. The molecule has 0 aliphatic carbocycles. The molecule has 1 aliphatic rings. The third-order valence-electron chi connectivity index (χ3n) is 6.09. The van der Waals surface area contributed by atoms with Gasteiger partial charge in [-0.3, -0.25) is 4.90 Å². The zero-order valence-electron chi connectivity index (χ0n) is 22.0. The fourth-order valence-corrected chi connectivity index (χ4v) is 6.14. The molecular weight excluding hydrogens is 496 g/mol. The van der Waals surface area contributed by atoms with E-state index in [4.69, 9.17) is 18.9 Å². The van der Waals surface area contributed by atoms with Crippen molar-refractivity contribution in [1.29, 1.82) is 0 Å². The number of nitrogens with zero attached hydrogens (tertiary/aromatic N) is 2. The second kappa shape index (κ2) is 10.1. The lowest BCUT2D eigenvalue weighted by molar-refractivity contribution is -0.107. The summed E-state index contributed by atoms with van der Waals surface area (Å²) in [5.41, 5.74) is -0.915.